The first-order valence-corrected chi connectivity index (χ1v) is 3.63. The van der Waals surface area contributed by atoms with Gasteiger partial charge in [-0.25, -0.2) is 14.6 Å². The highest BCUT2D eigenvalue weighted by Gasteiger charge is 2.07. The maximum atomic E-state index is 10.9. The number of rotatable bonds is 3. The van der Waals surface area contributed by atoms with E-state index in [0.717, 1.165) is 6.21 Å². The van der Waals surface area contributed by atoms with Crippen molar-refractivity contribution in [3.8, 4) is 0 Å². The fourth-order valence-corrected chi connectivity index (χ4v) is 0.478. The number of primary amides is 1. The number of nitrogens with two attached hydrogens (primary N) is 1. The van der Waals surface area contributed by atoms with E-state index >= 15 is 0 Å². The van der Waals surface area contributed by atoms with Gasteiger partial charge >= 0.3 is 12.0 Å². The van der Waals surface area contributed by atoms with Crippen LogP contribution < -0.4 is 5.73 Å². The molecule has 0 aromatic carbocycles. The number of carbonyl (C=O) groups excluding carboxylic acids is 2. The van der Waals surface area contributed by atoms with Crippen LogP contribution in [0.2, 0.25) is 0 Å². The summed E-state index contributed by atoms with van der Waals surface area (Å²) in [6, 6.07) is -0.821. The zero-order chi connectivity index (χ0) is 10.4. The van der Waals surface area contributed by atoms with Crippen molar-refractivity contribution in [2.75, 3.05) is 0 Å². The van der Waals surface area contributed by atoms with Gasteiger partial charge in [-0.3, -0.25) is 0 Å². The molecule has 0 saturated carbocycles. The van der Waals surface area contributed by atoms with Crippen LogP contribution in [-0.4, -0.2) is 24.3 Å². The van der Waals surface area contributed by atoms with Crippen LogP contribution in [0.3, 0.4) is 0 Å². The van der Waals surface area contributed by atoms with Gasteiger partial charge in [0.1, 0.15) is 6.10 Å². The molecule has 72 valence electrons. The van der Waals surface area contributed by atoms with E-state index in [1.807, 2.05) is 0 Å². The third kappa shape index (κ3) is 5.60. The molecule has 0 heterocycles. The van der Waals surface area contributed by atoms with E-state index in [1.165, 1.54) is 6.92 Å². The summed E-state index contributed by atoms with van der Waals surface area (Å²) >= 11 is 0. The maximum absolute atomic E-state index is 10.9. The Hall–Kier alpha value is -1.65. The molecule has 0 aromatic rings. The van der Waals surface area contributed by atoms with E-state index in [0.29, 0.717) is 5.57 Å². The molecule has 0 spiro atoms. The van der Waals surface area contributed by atoms with Gasteiger partial charge in [0.15, 0.2) is 0 Å². The summed E-state index contributed by atoms with van der Waals surface area (Å²) in [7, 11) is 0. The molecule has 0 aromatic heterocycles. The standard InChI is InChI=1S/C8H12N2O3/c1-5(2)7(11)13-6(3)4-10-8(9)12/h4,6H,1H2,2-3H3,(H2,9,12). The topological polar surface area (TPSA) is 81.8 Å². The van der Waals surface area contributed by atoms with Crippen molar-refractivity contribution in [3.05, 3.63) is 12.2 Å². The lowest BCUT2D eigenvalue weighted by molar-refractivity contribution is -0.140. The van der Waals surface area contributed by atoms with Gasteiger partial charge in [0.2, 0.25) is 0 Å². The Morgan fingerprint density at radius 3 is 2.54 bits per heavy atom. The number of ether oxygens (including phenoxy) is 1. The van der Waals surface area contributed by atoms with Crippen LogP contribution in [0.25, 0.3) is 0 Å². The molecule has 0 rings (SSSR count). The fourth-order valence-electron chi connectivity index (χ4n) is 0.478. The SMILES string of the molecule is C=C(C)C(=O)OC(C)C=NC(N)=O. The quantitative estimate of drug-likeness (QED) is 0.397. The zero-order valence-electron chi connectivity index (χ0n) is 7.61. The Labute approximate surface area is 76.3 Å². The molecule has 0 saturated heterocycles. The summed E-state index contributed by atoms with van der Waals surface area (Å²) in [5.41, 5.74) is 5.03. The Morgan fingerprint density at radius 2 is 2.15 bits per heavy atom. The normalized spacial score (nSPS) is 12.5. The van der Waals surface area contributed by atoms with Crippen molar-refractivity contribution in [2.24, 2.45) is 10.7 Å². The number of carbonyl (C=O) groups is 2. The fraction of sp³-hybridized carbons (Fsp3) is 0.375. The number of aliphatic imine (C=N–C) groups is 1. The highest BCUT2D eigenvalue weighted by atomic mass is 16.5. The van der Waals surface area contributed by atoms with E-state index in [2.05, 4.69) is 11.6 Å². The third-order valence-corrected chi connectivity index (χ3v) is 1.05. The van der Waals surface area contributed by atoms with Gasteiger partial charge in [0.05, 0.1) is 6.21 Å². The van der Waals surface area contributed by atoms with Gasteiger partial charge < -0.3 is 10.5 Å². The van der Waals surface area contributed by atoms with Gasteiger partial charge in [-0.05, 0) is 13.8 Å². The molecule has 0 radical (unpaired) electrons. The molecule has 0 bridgehead atoms. The molecule has 2 amide bonds. The first kappa shape index (κ1) is 11.4. The van der Waals surface area contributed by atoms with Crippen molar-refractivity contribution < 1.29 is 14.3 Å². The van der Waals surface area contributed by atoms with Gasteiger partial charge in [-0.1, -0.05) is 6.58 Å². The van der Waals surface area contributed by atoms with Gasteiger partial charge in [-0.15, -0.1) is 0 Å². The molecule has 0 aliphatic heterocycles. The second-order valence-electron chi connectivity index (χ2n) is 2.51. The molecule has 1 atom stereocenters. The zero-order valence-corrected chi connectivity index (χ0v) is 7.61. The minimum absolute atomic E-state index is 0.291. The summed E-state index contributed by atoms with van der Waals surface area (Å²) in [4.78, 5) is 24.3. The average Bonchev–Trinajstić information content (AvgIpc) is 2.00. The summed E-state index contributed by atoms with van der Waals surface area (Å²) in [5, 5.41) is 0. The number of hydrogen-bond donors (Lipinski definition) is 1. The molecule has 2 N–H and O–H groups in total. The van der Waals surface area contributed by atoms with Crippen LogP contribution in [0.1, 0.15) is 13.8 Å². The van der Waals surface area contributed by atoms with E-state index in [9.17, 15) is 9.59 Å². The molecular formula is C8H12N2O3. The molecule has 1 unspecified atom stereocenters. The number of amides is 2. The van der Waals surface area contributed by atoms with Crippen LogP contribution in [0.15, 0.2) is 17.1 Å². The lowest BCUT2D eigenvalue weighted by Crippen LogP contribution is -2.17. The number of hydrogen-bond acceptors (Lipinski definition) is 3. The van der Waals surface area contributed by atoms with Gasteiger partial charge in [-0.2, -0.15) is 0 Å². The molecule has 5 heteroatoms. The van der Waals surface area contributed by atoms with Gasteiger partial charge in [0, 0.05) is 5.57 Å². The van der Waals surface area contributed by atoms with Crippen molar-refractivity contribution in [3.63, 3.8) is 0 Å². The lowest BCUT2D eigenvalue weighted by Gasteiger charge is -2.06. The first-order valence-electron chi connectivity index (χ1n) is 3.63. The van der Waals surface area contributed by atoms with Crippen molar-refractivity contribution in [2.45, 2.75) is 20.0 Å². The Morgan fingerprint density at radius 1 is 1.62 bits per heavy atom. The number of nitrogens with zero attached hydrogens (tertiary/aromatic N) is 1. The Balaban J connectivity index is 4.01. The Kier molecular flexibility index (Phi) is 4.43. The second-order valence-corrected chi connectivity index (χ2v) is 2.51. The van der Waals surface area contributed by atoms with Crippen molar-refractivity contribution >= 4 is 18.2 Å². The molecule has 13 heavy (non-hydrogen) atoms. The van der Waals surface area contributed by atoms with Gasteiger partial charge in [0.25, 0.3) is 0 Å². The molecule has 0 aliphatic carbocycles. The van der Waals surface area contributed by atoms with Crippen LogP contribution in [0, 0.1) is 0 Å². The molecular weight excluding hydrogens is 172 g/mol. The second kappa shape index (κ2) is 5.08. The minimum atomic E-state index is -0.821. The monoisotopic (exact) mass is 184 g/mol. The van der Waals surface area contributed by atoms with E-state index in [4.69, 9.17) is 10.5 Å². The first-order chi connectivity index (χ1) is 5.93. The number of urea groups is 1. The average molecular weight is 184 g/mol. The summed E-state index contributed by atoms with van der Waals surface area (Å²) in [6.07, 6.45) is 0.570. The molecule has 0 aliphatic rings. The van der Waals surface area contributed by atoms with E-state index in [1.54, 1.807) is 6.92 Å². The summed E-state index contributed by atoms with van der Waals surface area (Å²) < 4.78 is 4.77. The van der Waals surface area contributed by atoms with Crippen molar-refractivity contribution in [1.82, 2.24) is 0 Å². The Bertz CT molecular complexity index is 258. The predicted molar refractivity (Wildman–Crippen MR) is 48.4 cm³/mol. The van der Waals surface area contributed by atoms with Crippen LogP contribution in [0.4, 0.5) is 4.79 Å². The highest BCUT2D eigenvalue weighted by molar-refractivity contribution is 5.89. The van der Waals surface area contributed by atoms with Crippen molar-refractivity contribution in [1.29, 1.82) is 0 Å². The predicted octanol–water partition coefficient (Wildman–Crippen LogP) is 0.644. The molecule has 5 nitrogen and oxygen atoms in total. The number of esters is 1. The lowest BCUT2D eigenvalue weighted by atomic mass is 10.3. The van der Waals surface area contributed by atoms with Crippen LogP contribution in [0.5, 0.6) is 0 Å². The largest absolute Gasteiger partial charge is 0.453 e. The third-order valence-electron chi connectivity index (χ3n) is 1.05. The highest BCUT2D eigenvalue weighted by Crippen LogP contribution is 1.96. The van der Waals surface area contributed by atoms with E-state index < -0.39 is 18.1 Å². The molecule has 0 fully saturated rings. The van der Waals surface area contributed by atoms with Crippen LogP contribution >= 0.6 is 0 Å². The summed E-state index contributed by atoms with van der Waals surface area (Å²) in [6.45, 7) is 6.48. The van der Waals surface area contributed by atoms with Crippen LogP contribution in [-0.2, 0) is 9.53 Å². The summed E-state index contributed by atoms with van der Waals surface area (Å²) in [5.74, 6) is -0.525. The van der Waals surface area contributed by atoms with E-state index in [-0.39, 0.29) is 0 Å². The smallest absolute Gasteiger partial charge is 0.338 e. The maximum Gasteiger partial charge on any atom is 0.338 e. The minimum Gasteiger partial charge on any atom is -0.453 e.